The quantitative estimate of drug-likeness (QED) is 0.260. The highest BCUT2D eigenvalue weighted by Gasteiger charge is 2.35. The predicted molar refractivity (Wildman–Crippen MR) is 132 cm³/mol. The normalized spacial score (nSPS) is 14.7. The van der Waals surface area contributed by atoms with E-state index in [9.17, 15) is 29.6 Å². The number of aromatic carboxylic acids is 1. The molecule has 0 unspecified atom stereocenters. The van der Waals surface area contributed by atoms with Gasteiger partial charge in [0.1, 0.15) is 0 Å². The molecule has 2 aromatic carbocycles. The number of aromatic nitrogens is 1. The molecule has 1 N–H and O–H groups in total. The number of hydrogen-bond donors (Lipinski definition) is 1. The third-order valence-corrected chi connectivity index (χ3v) is 6.79. The minimum atomic E-state index is -1.14. The van der Waals surface area contributed by atoms with Gasteiger partial charge < -0.3 is 9.67 Å². The smallest absolute Gasteiger partial charge is 0.337 e. The van der Waals surface area contributed by atoms with Gasteiger partial charge in [-0.05, 0) is 67.1 Å². The Morgan fingerprint density at radius 2 is 1.83 bits per heavy atom. The SMILES string of the molecule is Cc1cc(/C=C2\SC(=O)N(Cc3ccc([N+](=O)[O-])cc3)C2=O)c(C)n1-c1ccc(Cl)c(C(=O)O)c1. The zero-order valence-electron chi connectivity index (χ0n) is 18.5. The number of carboxylic acids is 1. The van der Waals surface area contributed by atoms with Crippen LogP contribution < -0.4 is 0 Å². The van der Waals surface area contributed by atoms with Gasteiger partial charge in [-0.15, -0.1) is 0 Å². The van der Waals surface area contributed by atoms with E-state index in [0.717, 1.165) is 28.0 Å². The van der Waals surface area contributed by atoms with E-state index in [1.165, 1.54) is 36.4 Å². The molecule has 0 spiro atoms. The summed E-state index contributed by atoms with van der Waals surface area (Å²) in [5.41, 5.74) is 3.36. The topological polar surface area (TPSA) is 123 Å². The van der Waals surface area contributed by atoms with Crippen molar-refractivity contribution in [3.8, 4) is 5.69 Å². The van der Waals surface area contributed by atoms with Crippen molar-refractivity contribution in [2.75, 3.05) is 0 Å². The highest BCUT2D eigenvalue weighted by molar-refractivity contribution is 8.18. The number of aryl methyl sites for hydroxylation is 1. The molecule has 0 radical (unpaired) electrons. The first kappa shape index (κ1) is 24.2. The molecule has 4 rings (SSSR count). The number of nitro benzene ring substituents is 1. The molecule has 0 atom stereocenters. The maximum atomic E-state index is 13.0. The van der Waals surface area contributed by atoms with E-state index >= 15 is 0 Å². The van der Waals surface area contributed by atoms with Gasteiger partial charge in [0.15, 0.2) is 0 Å². The van der Waals surface area contributed by atoms with Crippen LogP contribution in [0.15, 0.2) is 53.4 Å². The van der Waals surface area contributed by atoms with Crippen LogP contribution in [0.4, 0.5) is 10.5 Å². The Labute approximate surface area is 208 Å². The summed E-state index contributed by atoms with van der Waals surface area (Å²) in [6.07, 6.45) is 1.63. The molecule has 0 bridgehead atoms. The zero-order chi connectivity index (χ0) is 25.4. The standard InChI is InChI=1S/C24H18ClN3O6S/c1-13-9-16(14(2)27(13)18-7-8-20(25)19(11-18)23(30)31)10-21-22(29)26(24(32)35-21)12-15-3-5-17(6-4-15)28(33)34/h3-11H,12H2,1-2H3,(H,30,31)/b21-10-. The minimum absolute atomic E-state index is 0.00175. The highest BCUT2D eigenvalue weighted by atomic mass is 35.5. The second-order valence-corrected chi connectivity index (χ2v) is 9.22. The fourth-order valence-electron chi connectivity index (χ4n) is 3.83. The third kappa shape index (κ3) is 4.71. The van der Waals surface area contributed by atoms with Gasteiger partial charge >= 0.3 is 5.97 Å². The van der Waals surface area contributed by atoms with Crippen molar-refractivity contribution in [1.82, 2.24) is 9.47 Å². The van der Waals surface area contributed by atoms with E-state index in [0.29, 0.717) is 16.8 Å². The lowest BCUT2D eigenvalue weighted by atomic mass is 10.2. The summed E-state index contributed by atoms with van der Waals surface area (Å²) in [6.45, 7) is 3.68. The molecular formula is C24H18ClN3O6S. The summed E-state index contributed by atoms with van der Waals surface area (Å²) in [5, 5.41) is 19.9. The number of carboxylic acid groups (broad SMARTS) is 1. The Morgan fingerprint density at radius 1 is 1.14 bits per heavy atom. The van der Waals surface area contributed by atoms with Crippen LogP contribution in [0.5, 0.6) is 0 Å². The van der Waals surface area contributed by atoms with Crippen molar-refractivity contribution < 1.29 is 24.4 Å². The van der Waals surface area contributed by atoms with Crippen molar-refractivity contribution in [3.63, 3.8) is 0 Å². The number of carbonyl (C=O) groups excluding carboxylic acids is 2. The molecule has 1 saturated heterocycles. The van der Waals surface area contributed by atoms with Crippen molar-refractivity contribution in [3.05, 3.63) is 96.7 Å². The number of benzene rings is 2. The van der Waals surface area contributed by atoms with Gasteiger partial charge in [0.2, 0.25) is 0 Å². The summed E-state index contributed by atoms with van der Waals surface area (Å²) in [4.78, 5) is 48.6. The highest BCUT2D eigenvalue weighted by Crippen LogP contribution is 2.35. The van der Waals surface area contributed by atoms with Gasteiger partial charge in [-0.25, -0.2) is 4.79 Å². The van der Waals surface area contributed by atoms with Crippen LogP contribution in [-0.4, -0.2) is 36.6 Å². The average molecular weight is 512 g/mol. The molecule has 178 valence electrons. The molecule has 1 aliphatic rings. The van der Waals surface area contributed by atoms with Crippen LogP contribution in [0, 0.1) is 24.0 Å². The van der Waals surface area contributed by atoms with E-state index in [-0.39, 0.29) is 27.7 Å². The van der Waals surface area contributed by atoms with Crippen molar-refractivity contribution >= 4 is 52.2 Å². The lowest BCUT2D eigenvalue weighted by Crippen LogP contribution is -2.27. The van der Waals surface area contributed by atoms with E-state index in [2.05, 4.69) is 0 Å². The number of imide groups is 1. The number of halogens is 1. The number of carbonyl (C=O) groups is 3. The molecule has 35 heavy (non-hydrogen) atoms. The molecule has 2 heterocycles. The number of nitro groups is 1. The minimum Gasteiger partial charge on any atom is -0.478 e. The fourth-order valence-corrected chi connectivity index (χ4v) is 4.86. The van der Waals surface area contributed by atoms with E-state index in [1.807, 2.05) is 24.5 Å². The largest absolute Gasteiger partial charge is 0.478 e. The molecule has 1 aliphatic heterocycles. The second kappa shape index (κ2) is 9.40. The summed E-state index contributed by atoms with van der Waals surface area (Å²) in [6, 6.07) is 12.2. The molecule has 11 heteroatoms. The number of non-ortho nitro benzene ring substituents is 1. The van der Waals surface area contributed by atoms with Gasteiger partial charge in [0.25, 0.3) is 16.8 Å². The molecule has 1 fully saturated rings. The molecule has 2 amide bonds. The number of nitrogens with zero attached hydrogens (tertiary/aromatic N) is 3. The first-order valence-electron chi connectivity index (χ1n) is 10.3. The van der Waals surface area contributed by atoms with Crippen LogP contribution in [0.1, 0.15) is 32.9 Å². The van der Waals surface area contributed by atoms with E-state index in [1.54, 1.807) is 12.1 Å². The van der Waals surface area contributed by atoms with Gasteiger partial charge in [0, 0.05) is 29.2 Å². The van der Waals surface area contributed by atoms with Crippen LogP contribution in [0.25, 0.3) is 11.8 Å². The number of amides is 2. The predicted octanol–water partition coefficient (Wildman–Crippen LogP) is 5.59. The van der Waals surface area contributed by atoms with E-state index < -0.39 is 22.0 Å². The molecule has 3 aromatic rings. The molecule has 0 saturated carbocycles. The fraction of sp³-hybridized carbons (Fsp3) is 0.125. The monoisotopic (exact) mass is 511 g/mol. The Morgan fingerprint density at radius 3 is 2.46 bits per heavy atom. The number of thioether (sulfide) groups is 1. The Hall–Kier alpha value is -3.89. The Bertz CT molecular complexity index is 1430. The summed E-state index contributed by atoms with van der Waals surface area (Å²) < 4.78 is 1.84. The zero-order valence-corrected chi connectivity index (χ0v) is 20.1. The lowest BCUT2D eigenvalue weighted by molar-refractivity contribution is -0.384. The molecule has 1 aromatic heterocycles. The van der Waals surface area contributed by atoms with Crippen LogP contribution >= 0.6 is 23.4 Å². The second-order valence-electron chi connectivity index (χ2n) is 7.82. The summed E-state index contributed by atoms with van der Waals surface area (Å²) >= 11 is 6.81. The Balaban J connectivity index is 1.61. The van der Waals surface area contributed by atoms with Gasteiger partial charge in [-0.3, -0.25) is 24.6 Å². The number of hydrogen-bond acceptors (Lipinski definition) is 6. The number of rotatable bonds is 6. The molecular weight excluding hydrogens is 494 g/mol. The van der Waals surface area contributed by atoms with Gasteiger partial charge in [-0.2, -0.15) is 0 Å². The van der Waals surface area contributed by atoms with Crippen LogP contribution in [0.3, 0.4) is 0 Å². The van der Waals surface area contributed by atoms with Crippen LogP contribution in [0.2, 0.25) is 5.02 Å². The van der Waals surface area contributed by atoms with E-state index in [4.69, 9.17) is 11.6 Å². The van der Waals surface area contributed by atoms with Crippen molar-refractivity contribution in [2.24, 2.45) is 0 Å². The van der Waals surface area contributed by atoms with Crippen molar-refractivity contribution in [2.45, 2.75) is 20.4 Å². The first-order chi connectivity index (χ1) is 16.6. The maximum absolute atomic E-state index is 13.0. The van der Waals surface area contributed by atoms with Crippen LogP contribution in [-0.2, 0) is 11.3 Å². The van der Waals surface area contributed by atoms with Gasteiger partial charge in [-0.1, -0.05) is 23.7 Å². The average Bonchev–Trinajstić information content (AvgIpc) is 3.23. The summed E-state index contributed by atoms with van der Waals surface area (Å²) in [7, 11) is 0. The molecule has 0 aliphatic carbocycles. The Kier molecular flexibility index (Phi) is 6.51. The first-order valence-corrected chi connectivity index (χ1v) is 11.5. The summed E-state index contributed by atoms with van der Waals surface area (Å²) in [5.74, 6) is -1.59. The lowest BCUT2D eigenvalue weighted by Gasteiger charge is -2.12. The molecule has 9 nitrogen and oxygen atoms in total. The van der Waals surface area contributed by atoms with Crippen molar-refractivity contribution in [1.29, 1.82) is 0 Å². The third-order valence-electron chi connectivity index (χ3n) is 5.56. The van der Waals surface area contributed by atoms with Gasteiger partial charge in [0.05, 0.1) is 27.0 Å². The maximum Gasteiger partial charge on any atom is 0.337 e.